The molecule has 4 heterocycles. The number of aromatic nitrogens is 4. The van der Waals surface area contributed by atoms with E-state index in [0.29, 0.717) is 11.4 Å². The van der Waals surface area contributed by atoms with Gasteiger partial charge in [-0.25, -0.2) is 4.98 Å². The summed E-state index contributed by atoms with van der Waals surface area (Å²) in [5, 5.41) is 4.50. The third kappa shape index (κ3) is 4.11. The molecule has 182 valence electrons. The Bertz CT molecular complexity index is 1580. The van der Waals surface area contributed by atoms with Crippen molar-refractivity contribution in [2.45, 2.75) is 32.7 Å². The summed E-state index contributed by atoms with van der Waals surface area (Å²) in [7, 11) is 0. The van der Waals surface area contributed by atoms with Gasteiger partial charge in [-0.15, -0.1) is 0 Å². The fraction of sp³-hybridized carbons (Fsp3) is 0.276. The van der Waals surface area contributed by atoms with Crippen molar-refractivity contribution in [2.75, 3.05) is 23.3 Å². The fourth-order valence-electron chi connectivity index (χ4n) is 5.12. The Morgan fingerprint density at radius 2 is 1.81 bits per heavy atom. The van der Waals surface area contributed by atoms with Crippen molar-refractivity contribution in [3.05, 3.63) is 82.9 Å². The highest BCUT2D eigenvalue weighted by Gasteiger charge is 2.21. The summed E-state index contributed by atoms with van der Waals surface area (Å²) in [4.78, 5) is 31.7. The Morgan fingerprint density at radius 3 is 2.61 bits per heavy atom. The van der Waals surface area contributed by atoms with Crippen molar-refractivity contribution in [2.24, 2.45) is 5.92 Å². The summed E-state index contributed by atoms with van der Waals surface area (Å²) < 4.78 is 0. The molecule has 0 spiro atoms. The van der Waals surface area contributed by atoms with Crippen LogP contribution in [-0.4, -0.2) is 33.0 Å². The number of hydrogen-bond donors (Lipinski definition) is 3. The number of imidazole rings is 1. The summed E-state index contributed by atoms with van der Waals surface area (Å²) in [6.07, 6.45) is 4.20. The van der Waals surface area contributed by atoms with E-state index < -0.39 is 0 Å². The molecular weight excluding hydrogens is 448 g/mol. The minimum absolute atomic E-state index is 0.104. The zero-order chi connectivity index (χ0) is 24.6. The third-order valence-corrected chi connectivity index (χ3v) is 7.26. The molecule has 7 heteroatoms. The van der Waals surface area contributed by atoms with Crippen LogP contribution >= 0.6 is 0 Å². The number of rotatable bonds is 5. The maximum absolute atomic E-state index is 13.4. The lowest BCUT2D eigenvalue weighted by Crippen LogP contribution is -2.32. The first-order valence-electron chi connectivity index (χ1n) is 12.6. The van der Waals surface area contributed by atoms with Gasteiger partial charge in [0.25, 0.3) is 5.56 Å². The highest BCUT2D eigenvalue weighted by molar-refractivity contribution is 5.99. The maximum atomic E-state index is 13.4. The SMILES string of the molecule is CC1CCN(c2ccc3nc(-c4c(NC(C)c5ccccn5)c5ccccc5[nH]c4=O)[nH]c3c2)CC1. The molecule has 0 aliphatic carbocycles. The van der Waals surface area contributed by atoms with E-state index in [-0.39, 0.29) is 11.6 Å². The van der Waals surface area contributed by atoms with Gasteiger partial charge in [0, 0.05) is 30.4 Å². The Labute approximate surface area is 209 Å². The van der Waals surface area contributed by atoms with Gasteiger partial charge in [-0.1, -0.05) is 31.2 Å². The molecule has 1 saturated heterocycles. The summed E-state index contributed by atoms with van der Waals surface area (Å²) in [6.45, 7) is 6.50. The summed E-state index contributed by atoms with van der Waals surface area (Å²) in [5.74, 6) is 1.33. The molecule has 5 aromatic rings. The Morgan fingerprint density at radius 1 is 1.00 bits per heavy atom. The van der Waals surface area contributed by atoms with E-state index in [1.54, 1.807) is 6.20 Å². The number of para-hydroxylation sites is 1. The molecule has 1 aliphatic rings. The lowest BCUT2D eigenvalue weighted by Gasteiger charge is -2.32. The monoisotopic (exact) mass is 478 g/mol. The van der Waals surface area contributed by atoms with Crippen LogP contribution in [0.15, 0.2) is 71.7 Å². The summed E-state index contributed by atoms with van der Waals surface area (Å²) in [5.41, 5.74) is 5.70. The number of anilines is 2. The average Bonchev–Trinajstić information content (AvgIpc) is 3.32. The minimum atomic E-state index is -0.186. The van der Waals surface area contributed by atoms with E-state index in [9.17, 15) is 4.79 Å². The summed E-state index contributed by atoms with van der Waals surface area (Å²) in [6, 6.07) is 19.9. The molecule has 3 aromatic heterocycles. The van der Waals surface area contributed by atoms with Crippen LogP contribution in [0.25, 0.3) is 33.3 Å². The normalized spacial score (nSPS) is 15.4. The predicted octanol–water partition coefficient (Wildman–Crippen LogP) is 5.88. The van der Waals surface area contributed by atoms with Crippen LogP contribution in [0.1, 0.15) is 38.4 Å². The van der Waals surface area contributed by atoms with E-state index in [2.05, 4.69) is 44.2 Å². The number of nitrogens with zero attached hydrogens (tertiary/aromatic N) is 3. The van der Waals surface area contributed by atoms with Crippen LogP contribution in [0.4, 0.5) is 11.4 Å². The number of H-pyrrole nitrogens is 2. The lowest BCUT2D eigenvalue weighted by atomic mass is 9.99. The lowest BCUT2D eigenvalue weighted by molar-refractivity contribution is 0.438. The standard InChI is InChI=1S/C29H30N6O/c1-18-12-15-35(16-13-18)20-10-11-24-25(17-20)33-28(32-24)26-27(31-19(2)22-8-5-6-14-30-22)21-7-3-4-9-23(21)34-29(26)36/h3-11,14,17-19H,12-13,15-16H2,1-2H3,(H,32,33)(H2,31,34,36). The van der Waals surface area contributed by atoms with Crippen LogP contribution in [-0.2, 0) is 0 Å². The van der Waals surface area contributed by atoms with Crippen molar-refractivity contribution in [1.82, 2.24) is 19.9 Å². The predicted molar refractivity (Wildman–Crippen MR) is 147 cm³/mol. The van der Waals surface area contributed by atoms with Gasteiger partial charge in [0.2, 0.25) is 0 Å². The van der Waals surface area contributed by atoms with Crippen molar-refractivity contribution in [1.29, 1.82) is 0 Å². The first kappa shape index (κ1) is 22.3. The Balaban J connectivity index is 1.45. The highest BCUT2D eigenvalue weighted by Crippen LogP contribution is 2.34. The minimum Gasteiger partial charge on any atom is -0.376 e. The molecule has 3 N–H and O–H groups in total. The zero-order valence-electron chi connectivity index (χ0n) is 20.6. The Kier molecular flexibility index (Phi) is 5.68. The highest BCUT2D eigenvalue weighted by atomic mass is 16.1. The van der Waals surface area contributed by atoms with E-state index in [1.165, 1.54) is 18.5 Å². The van der Waals surface area contributed by atoms with Crippen LogP contribution in [0.3, 0.4) is 0 Å². The molecule has 1 aliphatic heterocycles. The number of nitrogens with one attached hydrogen (secondary N) is 3. The molecule has 0 bridgehead atoms. The second-order valence-corrected chi connectivity index (χ2v) is 9.83. The van der Waals surface area contributed by atoms with Gasteiger partial charge < -0.3 is 20.2 Å². The topological polar surface area (TPSA) is 89.7 Å². The van der Waals surface area contributed by atoms with E-state index >= 15 is 0 Å². The van der Waals surface area contributed by atoms with Gasteiger partial charge in [-0.2, -0.15) is 0 Å². The van der Waals surface area contributed by atoms with Gasteiger partial charge in [-0.3, -0.25) is 9.78 Å². The van der Waals surface area contributed by atoms with Crippen molar-refractivity contribution in [3.63, 3.8) is 0 Å². The van der Waals surface area contributed by atoms with Crippen LogP contribution in [0.5, 0.6) is 0 Å². The molecule has 1 fully saturated rings. The van der Waals surface area contributed by atoms with E-state index in [0.717, 1.165) is 52.3 Å². The van der Waals surface area contributed by atoms with Crippen LogP contribution < -0.4 is 15.8 Å². The number of piperidine rings is 1. The molecule has 2 aromatic carbocycles. The molecule has 7 nitrogen and oxygen atoms in total. The van der Waals surface area contributed by atoms with Gasteiger partial charge in [0.1, 0.15) is 11.4 Å². The fourth-order valence-corrected chi connectivity index (χ4v) is 5.12. The maximum Gasteiger partial charge on any atom is 0.261 e. The van der Waals surface area contributed by atoms with Gasteiger partial charge in [-0.05, 0) is 62.1 Å². The largest absolute Gasteiger partial charge is 0.376 e. The van der Waals surface area contributed by atoms with Gasteiger partial charge >= 0.3 is 0 Å². The average molecular weight is 479 g/mol. The number of pyridine rings is 2. The van der Waals surface area contributed by atoms with E-state index in [1.807, 2.05) is 55.5 Å². The van der Waals surface area contributed by atoms with Crippen LogP contribution in [0, 0.1) is 5.92 Å². The van der Waals surface area contributed by atoms with E-state index in [4.69, 9.17) is 4.98 Å². The number of fused-ring (bicyclic) bond motifs is 2. The van der Waals surface area contributed by atoms with Crippen molar-refractivity contribution >= 4 is 33.3 Å². The third-order valence-electron chi connectivity index (χ3n) is 7.26. The molecule has 0 radical (unpaired) electrons. The molecule has 1 unspecified atom stereocenters. The smallest absolute Gasteiger partial charge is 0.261 e. The molecule has 0 saturated carbocycles. The van der Waals surface area contributed by atoms with Crippen molar-refractivity contribution in [3.8, 4) is 11.4 Å². The first-order valence-corrected chi connectivity index (χ1v) is 12.6. The first-order chi connectivity index (χ1) is 17.6. The van der Waals surface area contributed by atoms with Crippen LogP contribution in [0.2, 0.25) is 0 Å². The van der Waals surface area contributed by atoms with Crippen molar-refractivity contribution < 1.29 is 0 Å². The quantitative estimate of drug-likeness (QED) is 0.294. The molecule has 1 atom stereocenters. The molecule has 0 amide bonds. The molecular formula is C29H30N6O. The summed E-state index contributed by atoms with van der Waals surface area (Å²) >= 11 is 0. The molecule has 36 heavy (non-hydrogen) atoms. The number of hydrogen-bond acceptors (Lipinski definition) is 5. The van der Waals surface area contributed by atoms with Gasteiger partial charge in [0.05, 0.1) is 34.0 Å². The second kappa shape index (κ2) is 9.15. The number of benzene rings is 2. The Hall–Kier alpha value is -4.13. The number of aromatic amines is 2. The zero-order valence-corrected chi connectivity index (χ0v) is 20.6. The van der Waals surface area contributed by atoms with Gasteiger partial charge in [0.15, 0.2) is 0 Å². The second-order valence-electron chi connectivity index (χ2n) is 9.83. The molecule has 6 rings (SSSR count).